The van der Waals surface area contributed by atoms with Gasteiger partial charge in [-0.1, -0.05) is 26.0 Å². The Labute approximate surface area is 181 Å². The monoisotopic (exact) mass is 436 g/mol. The van der Waals surface area contributed by atoms with Crippen molar-refractivity contribution < 1.29 is 12.8 Å². The highest BCUT2D eigenvalue weighted by molar-refractivity contribution is 7.89. The van der Waals surface area contributed by atoms with E-state index in [1.165, 1.54) is 0 Å². The first-order valence-electron chi connectivity index (χ1n) is 10.4. The molecule has 7 nitrogen and oxygen atoms in total. The number of fused-ring (bicyclic) bond motifs is 1. The number of furan rings is 1. The molecule has 31 heavy (non-hydrogen) atoms. The third-order valence-corrected chi connectivity index (χ3v) is 7.78. The van der Waals surface area contributed by atoms with Crippen LogP contribution >= 0.6 is 0 Å². The molecule has 0 aliphatic carbocycles. The van der Waals surface area contributed by atoms with Crippen LogP contribution in [-0.2, 0) is 10.0 Å². The van der Waals surface area contributed by atoms with Crippen LogP contribution in [0.5, 0.6) is 0 Å². The number of aromatic nitrogens is 3. The lowest BCUT2D eigenvalue weighted by atomic mass is 10.0. The molecular formula is C23H24N4O3S. The molecule has 1 saturated heterocycles. The lowest BCUT2D eigenvalue weighted by Crippen LogP contribution is -2.29. The second-order valence-corrected chi connectivity index (χ2v) is 10.1. The zero-order valence-electron chi connectivity index (χ0n) is 17.5. The van der Waals surface area contributed by atoms with Gasteiger partial charge in [0, 0.05) is 19.3 Å². The molecule has 0 saturated carbocycles. The topological polar surface area (TPSA) is 81.2 Å². The van der Waals surface area contributed by atoms with E-state index in [4.69, 9.17) is 9.40 Å². The number of rotatable bonds is 5. The van der Waals surface area contributed by atoms with Crippen molar-refractivity contribution in [1.82, 2.24) is 18.8 Å². The third kappa shape index (κ3) is 3.45. The van der Waals surface area contributed by atoms with Gasteiger partial charge >= 0.3 is 0 Å². The minimum absolute atomic E-state index is 0.0606. The largest absolute Gasteiger partial charge is 0.472 e. The molecule has 0 spiro atoms. The van der Waals surface area contributed by atoms with Gasteiger partial charge < -0.3 is 8.98 Å². The van der Waals surface area contributed by atoms with Crippen molar-refractivity contribution in [1.29, 1.82) is 0 Å². The van der Waals surface area contributed by atoms with Crippen molar-refractivity contribution in [2.45, 2.75) is 37.1 Å². The summed E-state index contributed by atoms with van der Waals surface area (Å²) in [4.78, 5) is 9.61. The van der Waals surface area contributed by atoms with Gasteiger partial charge in [-0.05, 0) is 48.2 Å². The zero-order chi connectivity index (χ0) is 21.6. The van der Waals surface area contributed by atoms with Crippen LogP contribution in [0.25, 0.3) is 22.6 Å². The first-order chi connectivity index (χ1) is 14.9. The van der Waals surface area contributed by atoms with Gasteiger partial charge in [0.25, 0.3) is 0 Å². The van der Waals surface area contributed by atoms with Gasteiger partial charge in [0.1, 0.15) is 17.6 Å². The molecule has 1 aliphatic heterocycles. The second kappa shape index (κ2) is 7.62. The van der Waals surface area contributed by atoms with E-state index in [2.05, 4.69) is 23.4 Å². The summed E-state index contributed by atoms with van der Waals surface area (Å²) in [6, 6.07) is 12.8. The normalized spacial score (nSPS) is 17.7. The Bertz CT molecular complexity index is 1310. The van der Waals surface area contributed by atoms with Gasteiger partial charge in [-0.15, -0.1) is 0 Å². The fraction of sp³-hybridized carbons (Fsp3) is 0.304. The Morgan fingerprint density at radius 3 is 2.65 bits per heavy atom. The molecule has 4 heterocycles. The smallest absolute Gasteiger partial charge is 0.243 e. The van der Waals surface area contributed by atoms with Crippen molar-refractivity contribution in [2.24, 2.45) is 0 Å². The standard InChI is InChI=1S/C23H24N4O3S/c1-16(2)17-5-7-20(8-6-17)31(28,29)26-12-9-19(14-26)27-22(18-10-13-30-15-18)25-21-4-3-11-24-23(21)27/h3-8,10-11,13,15-16,19H,9,12,14H2,1-2H3/t19-/m1/s1. The Balaban J connectivity index is 1.48. The molecule has 8 heteroatoms. The number of imidazole rings is 1. The van der Waals surface area contributed by atoms with Crippen LogP contribution in [0.4, 0.5) is 0 Å². The van der Waals surface area contributed by atoms with Crippen LogP contribution in [0.1, 0.15) is 37.8 Å². The summed E-state index contributed by atoms with van der Waals surface area (Å²) >= 11 is 0. The Kier molecular flexibility index (Phi) is 4.91. The fourth-order valence-electron chi connectivity index (χ4n) is 4.18. The number of sulfonamides is 1. The Morgan fingerprint density at radius 2 is 1.94 bits per heavy atom. The van der Waals surface area contributed by atoms with Crippen molar-refractivity contribution in [3.05, 3.63) is 66.8 Å². The van der Waals surface area contributed by atoms with E-state index in [1.54, 1.807) is 35.2 Å². The first kappa shape index (κ1) is 20.0. The number of benzene rings is 1. The summed E-state index contributed by atoms with van der Waals surface area (Å²) in [5.74, 6) is 1.10. The number of nitrogens with zero attached hydrogens (tertiary/aromatic N) is 4. The molecule has 1 atom stereocenters. The van der Waals surface area contributed by atoms with Crippen molar-refractivity contribution in [3.8, 4) is 11.4 Å². The average molecular weight is 437 g/mol. The number of pyridine rings is 1. The highest BCUT2D eigenvalue weighted by Gasteiger charge is 2.35. The SMILES string of the molecule is CC(C)c1ccc(S(=O)(=O)N2CC[C@@H](n3c(-c4ccoc4)nc4cccnc43)C2)cc1. The van der Waals surface area contributed by atoms with Gasteiger partial charge in [-0.2, -0.15) is 4.31 Å². The quantitative estimate of drug-likeness (QED) is 0.462. The summed E-state index contributed by atoms with van der Waals surface area (Å²) in [5, 5.41) is 0. The Morgan fingerprint density at radius 1 is 1.13 bits per heavy atom. The highest BCUT2D eigenvalue weighted by Crippen LogP contribution is 2.34. The summed E-state index contributed by atoms with van der Waals surface area (Å²) in [6.07, 6.45) is 5.69. The van der Waals surface area contributed by atoms with Crippen molar-refractivity contribution in [3.63, 3.8) is 0 Å². The molecule has 1 fully saturated rings. The van der Waals surface area contributed by atoms with E-state index in [9.17, 15) is 8.42 Å². The molecule has 1 aliphatic rings. The molecule has 0 radical (unpaired) electrons. The van der Waals surface area contributed by atoms with E-state index in [-0.39, 0.29) is 6.04 Å². The molecule has 1 aromatic carbocycles. The predicted molar refractivity (Wildman–Crippen MR) is 118 cm³/mol. The van der Waals surface area contributed by atoms with Crippen LogP contribution in [0.15, 0.2) is 70.5 Å². The van der Waals surface area contributed by atoms with Gasteiger partial charge in [0.05, 0.1) is 22.8 Å². The van der Waals surface area contributed by atoms with Gasteiger partial charge in [0.2, 0.25) is 10.0 Å². The van der Waals surface area contributed by atoms with Gasteiger partial charge in [-0.25, -0.2) is 18.4 Å². The van der Waals surface area contributed by atoms with E-state index >= 15 is 0 Å². The Hall–Kier alpha value is -2.97. The maximum Gasteiger partial charge on any atom is 0.243 e. The molecule has 3 aromatic heterocycles. The molecule has 0 amide bonds. The van der Waals surface area contributed by atoms with E-state index in [0.29, 0.717) is 30.3 Å². The van der Waals surface area contributed by atoms with Crippen molar-refractivity contribution >= 4 is 21.2 Å². The minimum Gasteiger partial charge on any atom is -0.472 e. The predicted octanol–water partition coefficient (Wildman–Crippen LogP) is 4.45. The maximum absolute atomic E-state index is 13.3. The minimum atomic E-state index is -3.56. The second-order valence-electron chi connectivity index (χ2n) is 8.19. The fourth-order valence-corrected chi connectivity index (χ4v) is 5.68. The summed E-state index contributed by atoms with van der Waals surface area (Å²) in [7, 11) is -3.56. The third-order valence-electron chi connectivity index (χ3n) is 5.90. The highest BCUT2D eigenvalue weighted by atomic mass is 32.2. The molecular weight excluding hydrogens is 412 g/mol. The zero-order valence-corrected chi connectivity index (χ0v) is 18.3. The van der Waals surface area contributed by atoms with Gasteiger partial charge in [-0.3, -0.25) is 0 Å². The summed E-state index contributed by atoms with van der Waals surface area (Å²) in [6.45, 7) is 5.02. The molecule has 4 aromatic rings. The first-order valence-corrected chi connectivity index (χ1v) is 11.8. The van der Waals surface area contributed by atoms with Crippen LogP contribution in [0.2, 0.25) is 0 Å². The molecule has 160 valence electrons. The summed E-state index contributed by atoms with van der Waals surface area (Å²) in [5.41, 5.74) is 3.51. The number of hydrogen-bond donors (Lipinski definition) is 0. The van der Waals surface area contributed by atoms with Crippen molar-refractivity contribution in [2.75, 3.05) is 13.1 Å². The van der Waals surface area contributed by atoms with Crippen LogP contribution in [0, 0.1) is 0 Å². The molecule has 5 rings (SSSR count). The van der Waals surface area contributed by atoms with Crippen LogP contribution < -0.4 is 0 Å². The molecule has 0 bridgehead atoms. The van der Waals surface area contributed by atoms with Crippen LogP contribution in [-0.4, -0.2) is 40.3 Å². The van der Waals surface area contributed by atoms with E-state index in [0.717, 1.165) is 28.1 Å². The lowest BCUT2D eigenvalue weighted by molar-refractivity contribution is 0.455. The van der Waals surface area contributed by atoms with E-state index < -0.39 is 10.0 Å². The molecule has 0 N–H and O–H groups in total. The van der Waals surface area contributed by atoms with Gasteiger partial charge in [0.15, 0.2) is 5.65 Å². The maximum atomic E-state index is 13.3. The number of hydrogen-bond acceptors (Lipinski definition) is 5. The molecule has 0 unspecified atom stereocenters. The van der Waals surface area contributed by atoms with Crippen LogP contribution in [0.3, 0.4) is 0 Å². The summed E-state index contributed by atoms with van der Waals surface area (Å²) < 4.78 is 35.4. The lowest BCUT2D eigenvalue weighted by Gasteiger charge is -2.19. The van der Waals surface area contributed by atoms with E-state index in [1.807, 2.05) is 30.3 Å². The average Bonchev–Trinajstić information content (AvgIpc) is 3.52.